The van der Waals surface area contributed by atoms with Gasteiger partial charge in [0.05, 0.1) is 11.1 Å². The van der Waals surface area contributed by atoms with Gasteiger partial charge >= 0.3 is 0 Å². The third-order valence-electron chi connectivity index (χ3n) is 4.95. The van der Waals surface area contributed by atoms with Crippen molar-refractivity contribution in [2.75, 3.05) is 11.4 Å². The number of aliphatic hydroxyl groups is 1. The van der Waals surface area contributed by atoms with E-state index < -0.39 is 0 Å². The van der Waals surface area contributed by atoms with Gasteiger partial charge < -0.3 is 20.3 Å². The molecule has 1 aliphatic heterocycles. The lowest BCUT2D eigenvalue weighted by atomic mass is 10.1. The topological polar surface area (TPSA) is 81.2 Å². The van der Waals surface area contributed by atoms with Gasteiger partial charge in [0, 0.05) is 24.3 Å². The van der Waals surface area contributed by atoms with Gasteiger partial charge in [-0.05, 0) is 37.6 Å². The molecule has 134 valence electrons. The van der Waals surface area contributed by atoms with Crippen LogP contribution in [0, 0.1) is 0 Å². The largest absolute Gasteiger partial charge is 0.388 e. The molecule has 1 aromatic heterocycles. The molecule has 0 bridgehead atoms. The van der Waals surface area contributed by atoms with Crippen molar-refractivity contribution >= 4 is 22.6 Å². The number of hydrogen-bond acceptors (Lipinski definition) is 4. The van der Waals surface area contributed by atoms with Crippen molar-refractivity contribution in [3.05, 3.63) is 59.9 Å². The van der Waals surface area contributed by atoms with E-state index in [2.05, 4.69) is 39.2 Å². The number of nitrogens with zero attached hydrogens (tertiary/aromatic N) is 2. The molecule has 2 atom stereocenters. The minimum absolute atomic E-state index is 0.0872. The Balaban J connectivity index is 1.51. The zero-order valence-corrected chi connectivity index (χ0v) is 14.6. The lowest BCUT2D eigenvalue weighted by Gasteiger charge is -2.23. The first-order valence-corrected chi connectivity index (χ1v) is 8.86. The summed E-state index contributed by atoms with van der Waals surface area (Å²) >= 11 is 0. The number of aromatic nitrogens is 2. The number of imidazole rings is 1. The highest BCUT2D eigenvalue weighted by Crippen LogP contribution is 2.25. The monoisotopic (exact) mass is 350 g/mol. The molecule has 3 aromatic rings. The Bertz CT molecular complexity index is 922. The third kappa shape index (κ3) is 3.04. The van der Waals surface area contributed by atoms with Gasteiger partial charge in [-0.3, -0.25) is 4.79 Å². The summed E-state index contributed by atoms with van der Waals surface area (Å²) in [4.78, 5) is 22.5. The maximum Gasteiger partial charge on any atom is 0.253 e. The van der Waals surface area contributed by atoms with Gasteiger partial charge in [-0.15, -0.1) is 0 Å². The molecular weight excluding hydrogens is 328 g/mol. The Labute approximate surface area is 151 Å². The van der Waals surface area contributed by atoms with Gasteiger partial charge in [0.1, 0.15) is 17.9 Å². The van der Waals surface area contributed by atoms with Crippen molar-refractivity contribution < 1.29 is 9.90 Å². The van der Waals surface area contributed by atoms with E-state index in [9.17, 15) is 9.90 Å². The third-order valence-corrected chi connectivity index (χ3v) is 4.95. The van der Waals surface area contributed by atoms with Gasteiger partial charge in [-0.1, -0.05) is 24.3 Å². The van der Waals surface area contributed by atoms with Gasteiger partial charge in [0.15, 0.2) is 0 Å². The molecule has 2 heterocycles. The predicted octanol–water partition coefficient (Wildman–Crippen LogP) is 2.45. The summed E-state index contributed by atoms with van der Waals surface area (Å²) in [5, 5.41) is 12.4. The summed E-state index contributed by atoms with van der Waals surface area (Å²) in [7, 11) is 0. The number of carbonyl (C=O) groups excluding carboxylic acids is 1. The molecule has 6 nitrogen and oxygen atoms in total. The molecule has 0 aliphatic carbocycles. The molecule has 1 saturated heterocycles. The SMILES string of the molecule is CC1CC(NC(=O)c2cccc3[nH]c(CO)nc23)CN1c1ccccc1. The van der Waals surface area contributed by atoms with Gasteiger partial charge in [0.2, 0.25) is 0 Å². The zero-order valence-electron chi connectivity index (χ0n) is 14.6. The van der Waals surface area contributed by atoms with E-state index in [0.717, 1.165) is 18.5 Å². The van der Waals surface area contributed by atoms with Crippen LogP contribution in [0.5, 0.6) is 0 Å². The molecule has 0 spiro atoms. The van der Waals surface area contributed by atoms with E-state index in [1.807, 2.05) is 30.3 Å². The van der Waals surface area contributed by atoms with Crippen molar-refractivity contribution in [1.82, 2.24) is 15.3 Å². The van der Waals surface area contributed by atoms with Crippen LogP contribution in [0.15, 0.2) is 48.5 Å². The Morgan fingerprint density at radius 1 is 1.27 bits per heavy atom. The summed E-state index contributed by atoms with van der Waals surface area (Å²) in [6.45, 7) is 2.79. The highest BCUT2D eigenvalue weighted by molar-refractivity contribution is 6.05. The average Bonchev–Trinajstić information content (AvgIpc) is 3.25. The number of benzene rings is 2. The van der Waals surface area contributed by atoms with Gasteiger partial charge in [-0.25, -0.2) is 4.98 Å². The summed E-state index contributed by atoms with van der Waals surface area (Å²) in [5.74, 6) is 0.337. The second kappa shape index (κ2) is 6.80. The second-order valence-electron chi connectivity index (χ2n) is 6.79. The Morgan fingerprint density at radius 3 is 2.85 bits per heavy atom. The van der Waals surface area contributed by atoms with Crippen LogP contribution in [-0.4, -0.2) is 39.6 Å². The van der Waals surface area contributed by atoms with Crippen LogP contribution >= 0.6 is 0 Å². The fourth-order valence-electron chi connectivity index (χ4n) is 3.72. The van der Waals surface area contributed by atoms with Crippen LogP contribution in [0.3, 0.4) is 0 Å². The minimum Gasteiger partial charge on any atom is -0.388 e. The number of nitrogens with one attached hydrogen (secondary N) is 2. The van der Waals surface area contributed by atoms with E-state index in [1.165, 1.54) is 5.69 Å². The number of anilines is 1. The molecular formula is C20H22N4O2. The van der Waals surface area contributed by atoms with Gasteiger partial charge in [-0.2, -0.15) is 0 Å². The van der Waals surface area contributed by atoms with Crippen molar-refractivity contribution in [3.8, 4) is 0 Å². The number of carbonyl (C=O) groups is 1. The molecule has 26 heavy (non-hydrogen) atoms. The zero-order chi connectivity index (χ0) is 18.1. The number of aromatic amines is 1. The molecule has 0 saturated carbocycles. The summed E-state index contributed by atoms with van der Waals surface area (Å²) in [6, 6.07) is 16.2. The molecule has 0 radical (unpaired) electrons. The Morgan fingerprint density at radius 2 is 2.08 bits per heavy atom. The molecule has 1 fully saturated rings. The summed E-state index contributed by atoms with van der Waals surface area (Å²) in [5.41, 5.74) is 3.07. The predicted molar refractivity (Wildman–Crippen MR) is 101 cm³/mol. The first-order chi connectivity index (χ1) is 12.7. The van der Waals surface area contributed by atoms with Gasteiger partial charge in [0.25, 0.3) is 5.91 Å². The van der Waals surface area contributed by atoms with Crippen LogP contribution < -0.4 is 10.2 Å². The fraction of sp³-hybridized carbons (Fsp3) is 0.300. The molecule has 1 aliphatic rings. The Hall–Kier alpha value is -2.86. The van der Waals surface area contributed by atoms with Crippen LogP contribution in [0.2, 0.25) is 0 Å². The van der Waals surface area contributed by atoms with Crippen LogP contribution in [0.25, 0.3) is 11.0 Å². The number of H-pyrrole nitrogens is 1. The van der Waals surface area contributed by atoms with Crippen molar-refractivity contribution in [1.29, 1.82) is 0 Å². The van der Waals surface area contributed by atoms with E-state index in [1.54, 1.807) is 6.07 Å². The van der Waals surface area contributed by atoms with Crippen LogP contribution in [0.4, 0.5) is 5.69 Å². The number of para-hydroxylation sites is 2. The molecule has 6 heteroatoms. The van der Waals surface area contributed by atoms with E-state index >= 15 is 0 Å². The highest BCUT2D eigenvalue weighted by atomic mass is 16.3. The molecule has 3 N–H and O–H groups in total. The maximum absolute atomic E-state index is 12.8. The van der Waals surface area contributed by atoms with Crippen LogP contribution in [0.1, 0.15) is 29.5 Å². The smallest absolute Gasteiger partial charge is 0.253 e. The van der Waals surface area contributed by atoms with Crippen molar-refractivity contribution in [3.63, 3.8) is 0 Å². The first-order valence-electron chi connectivity index (χ1n) is 8.86. The number of rotatable bonds is 4. The number of fused-ring (bicyclic) bond motifs is 1. The van der Waals surface area contributed by atoms with E-state index in [4.69, 9.17) is 0 Å². The lowest BCUT2D eigenvalue weighted by molar-refractivity contribution is 0.0941. The normalized spacial score (nSPS) is 19.8. The fourth-order valence-corrected chi connectivity index (χ4v) is 3.72. The van der Waals surface area contributed by atoms with E-state index in [-0.39, 0.29) is 18.6 Å². The number of amides is 1. The number of aliphatic hydroxyl groups excluding tert-OH is 1. The van der Waals surface area contributed by atoms with Crippen molar-refractivity contribution in [2.45, 2.75) is 32.0 Å². The maximum atomic E-state index is 12.8. The molecule has 1 amide bonds. The highest BCUT2D eigenvalue weighted by Gasteiger charge is 2.30. The first kappa shape index (κ1) is 16.6. The molecule has 2 unspecified atom stereocenters. The Kier molecular flexibility index (Phi) is 4.34. The molecule has 2 aromatic carbocycles. The summed E-state index contributed by atoms with van der Waals surface area (Å²) in [6.07, 6.45) is 0.902. The molecule has 4 rings (SSSR count). The van der Waals surface area contributed by atoms with E-state index in [0.29, 0.717) is 22.9 Å². The average molecular weight is 350 g/mol. The van der Waals surface area contributed by atoms with Crippen molar-refractivity contribution in [2.24, 2.45) is 0 Å². The second-order valence-corrected chi connectivity index (χ2v) is 6.79. The minimum atomic E-state index is -0.179. The number of hydrogen-bond donors (Lipinski definition) is 3. The standard InChI is InChI=1S/C20H22N4O2/c1-13-10-14(11-24(13)15-6-3-2-4-7-15)21-20(26)16-8-5-9-17-19(16)23-18(12-25)22-17/h2-9,13-14,25H,10-12H2,1H3,(H,21,26)(H,22,23). The van der Waals surface area contributed by atoms with Crippen LogP contribution in [-0.2, 0) is 6.61 Å². The quantitative estimate of drug-likeness (QED) is 0.675. The summed E-state index contributed by atoms with van der Waals surface area (Å²) < 4.78 is 0. The lowest BCUT2D eigenvalue weighted by Crippen LogP contribution is -2.37.